The summed E-state index contributed by atoms with van der Waals surface area (Å²) in [6.45, 7) is -4.66. The third-order valence-electron chi connectivity index (χ3n) is 20.6. The van der Waals surface area contributed by atoms with Crippen molar-refractivity contribution in [1.82, 2.24) is 72.7 Å². The third-order valence-corrected chi connectivity index (χ3v) is 23.5. The number of carbonyl (C=O) groups excluding carboxylic acids is 3. The smallest absolute Gasteiger partial charge is 0.472 e. The molecule has 0 aliphatic carbocycles. The van der Waals surface area contributed by atoms with Crippen LogP contribution in [0.3, 0.4) is 0 Å². The van der Waals surface area contributed by atoms with E-state index in [4.69, 9.17) is 55.6 Å². The van der Waals surface area contributed by atoms with Crippen LogP contribution in [-0.4, -0.2) is 280 Å². The number of fused-ring (bicyclic) bond motifs is 3. The van der Waals surface area contributed by atoms with E-state index in [0.29, 0.717) is 5.56 Å². The molecule has 13 N–H and O–H groups in total. The van der Waals surface area contributed by atoms with Crippen molar-refractivity contribution in [1.29, 1.82) is 0 Å². The molecule has 4 aliphatic heterocycles. The van der Waals surface area contributed by atoms with E-state index in [-0.39, 0.29) is 69.3 Å². The van der Waals surface area contributed by atoms with Crippen molar-refractivity contribution in [2.24, 2.45) is 27.0 Å². The number of aromatic nitrogens is 16. The predicted molar refractivity (Wildman–Crippen MR) is 437 cm³/mol. The van der Waals surface area contributed by atoms with E-state index >= 15 is 0 Å². The van der Waals surface area contributed by atoms with Crippen molar-refractivity contribution in [2.45, 2.75) is 118 Å². The number of ether oxygens (including phenoxy) is 6. The molecule has 686 valence electrons. The first-order valence-electron chi connectivity index (χ1n) is 39.4. The van der Waals surface area contributed by atoms with E-state index in [1.165, 1.54) is 36.4 Å². The Kier molecular flexibility index (Phi) is 27.5. The quantitative estimate of drug-likeness (QED) is 0.00854. The summed E-state index contributed by atoms with van der Waals surface area (Å²) in [4.78, 5) is 162. The SMILES string of the molecule is C[n+]1ccn(CCOC(=O)CCC(=O)O[C@@H]2[C@H](O)[C@@H](CO[P+]([O-])(O)O[C@H]3[C@@H](O)[C@H](n4cnc5c(N=C(O)c6ccccc6)ncnc54)O[C@@H]3CO[P+]([O-])(O)O[C@H]3[C@@H](O)[C@H](n4cnc5c(O)nc(N=C(O)c6ccccc6)nc54)O[C@@H]3COP(=O)(O)O[C@H]3[C@@H](O)[C@H](n4cnc5c(N=C(O)c6ccccc6)ncnc54)O[C@@H]3CO)O[C@H]2n2ccc(=NC(=O)c3ccccc3)nc2O)c1. The number of amides is 1. The van der Waals surface area contributed by atoms with E-state index in [9.17, 15) is 94.5 Å². The molecule has 4 fully saturated rings. The van der Waals surface area contributed by atoms with Gasteiger partial charge in [-0.3, -0.25) is 41.7 Å². The molecule has 0 radical (unpaired) electrons. The molecule has 131 heavy (non-hydrogen) atoms. The Hall–Kier alpha value is -12.5. The van der Waals surface area contributed by atoms with Gasteiger partial charge < -0.3 is 94.2 Å². The van der Waals surface area contributed by atoms with Gasteiger partial charge in [-0.05, 0) is 54.6 Å². The van der Waals surface area contributed by atoms with Crippen molar-refractivity contribution in [3.63, 3.8) is 0 Å². The molecule has 0 bridgehead atoms. The molecule has 0 spiro atoms. The van der Waals surface area contributed by atoms with Gasteiger partial charge in [-0.15, -0.1) is 0 Å². The number of benzene rings is 4. The highest BCUT2D eigenvalue weighted by atomic mass is 31.2. The Morgan fingerprint density at radius 2 is 1.02 bits per heavy atom. The number of aliphatic hydroxyl groups excluding tert-OH is 8. The molecule has 12 heterocycles. The van der Waals surface area contributed by atoms with Gasteiger partial charge in [0, 0.05) is 28.5 Å². The zero-order chi connectivity index (χ0) is 92.2. The highest BCUT2D eigenvalue weighted by Crippen LogP contribution is 2.57. The van der Waals surface area contributed by atoms with Gasteiger partial charge in [0.2, 0.25) is 29.9 Å². The number of aliphatic imine (C=N–C) groups is 3. The first-order valence-corrected chi connectivity index (χ1v) is 43.9. The summed E-state index contributed by atoms with van der Waals surface area (Å²) in [5.74, 6) is -6.12. The van der Waals surface area contributed by atoms with Gasteiger partial charge in [-0.25, -0.2) is 48.6 Å². The predicted octanol–water partition coefficient (Wildman–Crippen LogP) is 0.417. The molecular formula is C77H78N20O31P3+. The molecule has 16 rings (SSSR count). The monoisotopic (exact) mass is 1870 g/mol. The minimum Gasteiger partial charge on any atom is -0.606 e. The molecule has 0 saturated carbocycles. The standard InChI is InChI=1S/C77H77N20O31P3/c1-92-26-27-93(39-92)28-29-117-49(99)22-23-50(100)125-61-54(101)45(122-75(61)94-25-24-48(86-77(94)110)85-67(105)40-14-6-2-7-15-40)31-118-129(111,112)127-59-46(123-73(56(59)103)96-37-83-52-63(79-35-81-65(52)96)88-69(107)42-18-10-4-11-19-42)32-120-131(115,116)128-60-47(124-74(57(60)104)97-38-84-53-66(97)89-76(91-71(53)109)90-70(108)43-20-12-5-13-21-43)33-119-130(113,114)126-58-44(30-98)121-72(55(58)102)95-36-82-51-62(78-34-80-64(51)95)87-68(106)41-16-8-3-9-17-41/h2-21,24-27,34-39,44-47,54-61,72-75,98,101-104H,22-23,28-33H2,1H3,(H7-,78,79,80,81,85,86,87,88,89,90,91,105,106,107,108,109,110,111,112,113,114,115,116)/p+1/t44-,45-,46-,47-,54-,55-,56-,57-,58-,59-,60-,61-,72-,73-,74-,75-/m1/s1. The van der Waals surface area contributed by atoms with E-state index in [1.54, 1.807) is 120 Å². The van der Waals surface area contributed by atoms with Gasteiger partial charge in [0.1, 0.15) is 106 Å². The molecule has 3 unspecified atom stereocenters. The lowest BCUT2D eigenvalue weighted by atomic mass is 10.1. The average molecular weight is 1870 g/mol. The topological polar surface area (TPSA) is 695 Å². The maximum absolute atomic E-state index is 14.9. The molecular weight excluding hydrogens is 1790 g/mol. The Morgan fingerprint density at radius 1 is 0.534 bits per heavy atom. The number of nitrogens with zero attached hydrogens (tertiary/aromatic N) is 20. The zero-order valence-corrected chi connectivity index (χ0v) is 70.3. The van der Waals surface area contributed by atoms with Crippen LogP contribution in [0.25, 0.3) is 33.5 Å². The van der Waals surface area contributed by atoms with Gasteiger partial charge in [0.05, 0.1) is 52.1 Å². The number of rotatable bonds is 34. The number of phosphoric acid groups is 3. The van der Waals surface area contributed by atoms with Crippen LogP contribution in [0.5, 0.6) is 11.9 Å². The van der Waals surface area contributed by atoms with Crippen LogP contribution in [0.2, 0.25) is 0 Å². The van der Waals surface area contributed by atoms with Gasteiger partial charge in [-0.1, -0.05) is 72.8 Å². The van der Waals surface area contributed by atoms with Crippen LogP contribution in [0.4, 0.5) is 17.6 Å². The second-order valence-corrected chi connectivity index (χ2v) is 33.5. The van der Waals surface area contributed by atoms with E-state index < -0.39 is 226 Å². The lowest BCUT2D eigenvalue weighted by molar-refractivity contribution is -0.671. The van der Waals surface area contributed by atoms with Gasteiger partial charge >= 0.3 is 36.1 Å². The van der Waals surface area contributed by atoms with Crippen molar-refractivity contribution < 1.29 is 155 Å². The molecule has 54 heteroatoms. The number of imidazole rings is 4. The summed E-state index contributed by atoms with van der Waals surface area (Å²) in [5.41, 5.74) is -0.651. The summed E-state index contributed by atoms with van der Waals surface area (Å²) < 4.78 is 90.4. The number of aliphatic hydroxyl groups is 8. The first kappa shape index (κ1) is 91.8. The molecule has 19 atom stereocenters. The number of phosphoric ester groups is 3. The lowest BCUT2D eigenvalue weighted by Gasteiger charge is -2.29. The molecule has 12 aromatic rings. The van der Waals surface area contributed by atoms with Gasteiger partial charge in [0.25, 0.3) is 17.9 Å². The molecule has 4 aliphatic rings. The Labute approximate surface area is 736 Å². The Morgan fingerprint density at radius 3 is 1.54 bits per heavy atom. The van der Waals surface area contributed by atoms with Crippen molar-refractivity contribution >= 4 is 111 Å². The van der Waals surface area contributed by atoms with Gasteiger partial charge in [0.15, 0.2) is 93.8 Å². The van der Waals surface area contributed by atoms with Crippen LogP contribution >= 0.6 is 24.2 Å². The lowest BCUT2D eigenvalue weighted by Crippen LogP contribution is -2.41. The summed E-state index contributed by atoms with van der Waals surface area (Å²) in [6, 6.07) is 31.9. The minimum atomic E-state index is -5.97. The largest absolute Gasteiger partial charge is 0.606 e. The summed E-state index contributed by atoms with van der Waals surface area (Å²) in [6.07, 6.45) is -21.8. The molecule has 4 aromatic carbocycles. The van der Waals surface area contributed by atoms with Crippen molar-refractivity contribution in [3.8, 4) is 11.9 Å². The molecule has 8 aromatic heterocycles. The van der Waals surface area contributed by atoms with E-state index in [1.807, 2.05) is 0 Å². The number of hydrogen-bond acceptors (Lipinski definition) is 40. The summed E-state index contributed by atoms with van der Waals surface area (Å²) in [5, 5.41) is 115. The fourth-order valence-corrected chi connectivity index (χ4v) is 17.2. The molecule has 51 nitrogen and oxygen atoms in total. The number of carbonyl (C=O) groups is 3. The van der Waals surface area contributed by atoms with Crippen molar-refractivity contribution in [3.05, 3.63) is 212 Å². The van der Waals surface area contributed by atoms with Crippen LogP contribution in [0.15, 0.2) is 204 Å². The zero-order valence-electron chi connectivity index (χ0n) is 67.7. The second-order valence-electron chi connectivity index (χ2n) is 29.3. The number of esters is 2. The Balaban J connectivity index is 0.663. The number of aryl methyl sites for hydroxylation is 1. The maximum atomic E-state index is 14.9. The molecule has 1 amide bonds. The highest BCUT2D eigenvalue weighted by molar-refractivity contribution is 7.53. The maximum Gasteiger partial charge on any atom is 0.472 e. The average Bonchev–Trinajstić information content (AvgIpc) is 1.61. The van der Waals surface area contributed by atoms with Crippen LogP contribution in [0.1, 0.15) is 64.8 Å². The molecule has 4 saturated heterocycles. The summed E-state index contributed by atoms with van der Waals surface area (Å²) in [7, 11) is -15.7. The first-order chi connectivity index (χ1) is 62.9. The van der Waals surface area contributed by atoms with Gasteiger partial charge in [-0.2, -0.15) is 62.8 Å². The number of aromatic hydroxyl groups is 2. The highest BCUT2D eigenvalue weighted by Gasteiger charge is 2.58. The van der Waals surface area contributed by atoms with Crippen molar-refractivity contribution in [2.75, 3.05) is 33.0 Å². The summed E-state index contributed by atoms with van der Waals surface area (Å²) >= 11 is 0. The minimum absolute atomic E-state index is 0.0231. The van der Waals surface area contributed by atoms with Crippen LogP contribution in [0, 0.1) is 0 Å². The number of hydrogen-bond donors (Lipinski definition) is 13. The third kappa shape index (κ3) is 20.8. The second kappa shape index (κ2) is 39.3. The Bertz CT molecular complexity index is 6350. The fourth-order valence-electron chi connectivity index (χ4n) is 14.3. The normalized spacial score (nSPS) is 25.2. The van der Waals surface area contributed by atoms with Crippen LogP contribution in [-0.2, 0) is 83.3 Å². The van der Waals surface area contributed by atoms with Crippen LogP contribution < -0.4 is 19.8 Å². The van der Waals surface area contributed by atoms with E-state index in [0.717, 1.165) is 62.2 Å². The fraction of sp³-hybridized carbons (Fsp3) is 0.325. The van der Waals surface area contributed by atoms with E-state index in [2.05, 4.69) is 69.8 Å².